The average Bonchev–Trinajstić information content (AvgIpc) is 2.34. The van der Waals surface area contributed by atoms with Gasteiger partial charge in [0.25, 0.3) is 0 Å². The molecular weight excluding hydrogens is 247 g/mol. The molecule has 18 heavy (non-hydrogen) atoms. The van der Waals surface area contributed by atoms with Crippen LogP contribution in [0, 0.1) is 0 Å². The van der Waals surface area contributed by atoms with Gasteiger partial charge in [0.05, 0.1) is 0 Å². The van der Waals surface area contributed by atoms with Crippen molar-refractivity contribution in [1.82, 2.24) is 5.32 Å². The SMILES string of the molecule is O=C(CCCNC(=O)C(F)(F)F)C1=CCCC=C1. The largest absolute Gasteiger partial charge is 0.471 e. The smallest absolute Gasteiger partial charge is 0.348 e. The second kappa shape index (κ2) is 6.37. The second-order valence-electron chi connectivity index (χ2n) is 3.92. The van der Waals surface area contributed by atoms with E-state index in [0.29, 0.717) is 5.57 Å². The van der Waals surface area contributed by atoms with Gasteiger partial charge in [-0.25, -0.2) is 0 Å². The molecule has 0 radical (unpaired) electrons. The molecule has 0 fully saturated rings. The van der Waals surface area contributed by atoms with Crippen LogP contribution in [0.25, 0.3) is 0 Å². The molecule has 0 saturated carbocycles. The first kappa shape index (κ1) is 14.5. The zero-order chi connectivity index (χ0) is 13.6. The molecule has 0 atom stereocenters. The molecule has 0 spiro atoms. The standard InChI is InChI=1S/C12H14F3NO2/c13-12(14,15)11(18)16-8-4-7-10(17)9-5-2-1-3-6-9/h2,5-6H,1,3-4,7-8H2,(H,16,18). The normalized spacial score (nSPS) is 15.2. The van der Waals surface area contributed by atoms with Crippen molar-refractivity contribution < 1.29 is 22.8 Å². The fourth-order valence-electron chi connectivity index (χ4n) is 1.52. The van der Waals surface area contributed by atoms with E-state index in [-0.39, 0.29) is 25.2 Å². The number of hydrogen-bond donors (Lipinski definition) is 1. The molecule has 1 N–H and O–H groups in total. The van der Waals surface area contributed by atoms with Crippen LogP contribution < -0.4 is 5.32 Å². The summed E-state index contributed by atoms with van der Waals surface area (Å²) in [6.45, 7) is -0.152. The van der Waals surface area contributed by atoms with Crippen LogP contribution in [0.4, 0.5) is 13.2 Å². The van der Waals surface area contributed by atoms with Crippen molar-refractivity contribution in [3.63, 3.8) is 0 Å². The van der Waals surface area contributed by atoms with Gasteiger partial charge in [0.15, 0.2) is 5.78 Å². The van der Waals surface area contributed by atoms with E-state index in [1.54, 1.807) is 11.4 Å². The lowest BCUT2D eigenvalue weighted by Gasteiger charge is -2.08. The molecule has 0 aromatic heterocycles. The zero-order valence-electron chi connectivity index (χ0n) is 9.72. The van der Waals surface area contributed by atoms with E-state index in [4.69, 9.17) is 0 Å². The second-order valence-corrected chi connectivity index (χ2v) is 3.92. The number of ketones is 1. The molecule has 0 heterocycles. The first-order chi connectivity index (χ1) is 8.41. The number of Topliss-reactive ketones (excluding diaryl/α,β-unsaturated/α-hetero) is 1. The fourth-order valence-corrected chi connectivity index (χ4v) is 1.52. The average molecular weight is 261 g/mol. The lowest BCUT2D eigenvalue weighted by molar-refractivity contribution is -0.173. The van der Waals surface area contributed by atoms with E-state index < -0.39 is 12.1 Å². The number of amides is 1. The van der Waals surface area contributed by atoms with Crippen LogP contribution >= 0.6 is 0 Å². The van der Waals surface area contributed by atoms with E-state index in [0.717, 1.165) is 12.8 Å². The number of allylic oxidation sites excluding steroid dienone is 4. The van der Waals surface area contributed by atoms with Gasteiger partial charge in [0.1, 0.15) is 0 Å². The van der Waals surface area contributed by atoms with Crippen molar-refractivity contribution in [2.75, 3.05) is 6.54 Å². The highest BCUT2D eigenvalue weighted by atomic mass is 19.4. The summed E-state index contributed by atoms with van der Waals surface area (Å²) in [6.07, 6.45) is 2.61. The minimum atomic E-state index is -4.86. The summed E-state index contributed by atoms with van der Waals surface area (Å²) in [5.41, 5.74) is 0.600. The Morgan fingerprint density at radius 1 is 1.28 bits per heavy atom. The van der Waals surface area contributed by atoms with Gasteiger partial charge < -0.3 is 5.32 Å². The number of halogens is 3. The highest BCUT2D eigenvalue weighted by molar-refractivity contribution is 5.98. The van der Waals surface area contributed by atoms with Gasteiger partial charge in [-0.15, -0.1) is 0 Å². The monoisotopic (exact) mass is 261 g/mol. The lowest BCUT2D eigenvalue weighted by atomic mass is 10.0. The maximum Gasteiger partial charge on any atom is 0.471 e. The Bertz CT molecular complexity index is 383. The number of hydrogen-bond acceptors (Lipinski definition) is 2. The van der Waals surface area contributed by atoms with Crippen LogP contribution in [0.1, 0.15) is 25.7 Å². The number of alkyl halides is 3. The van der Waals surface area contributed by atoms with Gasteiger partial charge >= 0.3 is 12.1 Å². The van der Waals surface area contributed by atoms with Gasteiger partial charge in [0.2, 0.25) is 0 Å². The zero-order valence-corrected chi connectivity index (χ0v) is 9.72. The van der Waals surface area contributed by atoms with Crippen molar-refractivity contribution in [3.05, 3.63) is 23.8 Å². The quantitative estimate of drug-likeness (QED) is 0.772. The Kier molecular flexibility index (Phi) is 5.12. The number of rotatable bonds is 5. The molecule has 3 nitrogen and oxygen atoms in total. The van der Waals surface area contributed by atoms with Crippen LogP contribution in [-0.2, 0) is 9.59 Å². The maximum atomic E-state index is 11.8. The first-order valence-corrected chi connectivity index (χ1v) is 5.66. The Morgan fingerprint density at radius 2 is 2.00 bits per heavy atom. The van der Waals surface area contributed by atoms with Crippen molar-refractivity contribution >= 4 is 11.7 Å². The van der Waals surface area contributed by atoms with Crippen LogP contribution in [0.2, 0.25) is 0 Å². The summed E-state index contributed by atoms with van der Waals surface area (Å²) in [5, 5.41) is 1.73. The lowest BCUT2D eigenvalue weighted by Crippen LogP contribution is -2.37. The summed E-state index contributed by atoms with van der Waals surface area (Å²) in [7, 11) is 0. The highest BCUT2D eigenvalue weighted by Gasteiger charge is 2.38. The third-order valence-corrected chi connectivity index (χ3v) is 2.44. The van der Waals surface area contributed by atoms with E-state index in [1.165, 1.54) is 0 Å². The molecule has 1 amide bonds. The first-order valence-electron chi connectivity index (χ1n) is 5.66. The summed E-state index contributed by atoms with van der Waals surface area (Å²) in [4.78, 5) is 22.1. The van der Waals surface area contributed by atoms with E-state index in [2.05, 4.69) is 0 Å². The van der Waals surface area contributed by atoms with E-state index >= 15 is 0 Å². The molecule has 1 rings (SSSR count). The minimum absolute atomic E-state index is 0.104. The Hall–Kier alpha value is -1.59. The topological polar surface area (TPSA) is 46.2 Å². The number of carbonyl (C=O) groups is 2. The van der Waals surface area contributed by atoms with Gasteiger partial charge in [0, 0.05) is 18.5 Å². The molecule has 6 heteroatoms. The van der Waals surface area contributed by atoms with Crippen molar-refractivity contribution in [1.29, 1.82) is 0 Å². The highest BCUT2D eigenvalue weighted by Crippen LogP contribution is 2.15. The molecule has 0 aliphatic heterocycles. The molecule has 1 aliphatic rings. The predicted molar refractivity (Wildman–Crippen MR) is 59.8 cm³/mol. The molecule has 0 aromatic rings. The van der Waals surface area contributed by atoms with Crippen LogP contribution in [-0.4, -0.2) is 24.4 Å². The van der Waals surface area contributed by atoms with Gasteiger partial charge in [-0.3, -0.25) is 9.59 Å². The van der Waals surface area contributed by atoms with Crippen molar-refractivity contribution in [2.45, 2.75) is 31.9 Å². The summed E-state index contributed by atoms with van der Waals surface area (Å²) < 4.78 is 35.5. The van der Waals surface area contributed by atoms with Gasteiger partial charge in [-0.1, -0.05) is 18.2 Å². The van der Waals surface area contributed by atoms with Crippen LogP contribution in [0.5, 0.6) is 0 Å². The Labute approximate surface area is 103 Å². The van der Waals surface area contributed by atoms with Gasteiger partial charge in [-0.2, -0.15) is 13.2 Å². The third-order valence-electron chi connectivity index (χ3n) is 2.44. The van der Waals surface area contributed by atoms with E-state index in [1.807, 2.05) is 12.2 Å². The molecule has 0 unspecified atom stereocenters. The van der Waals surface area contributed by atoms with Crippen LogP contribution in [0.15, 0.2) is 23.8 Å². The number of carbonyl (C=O) groups excluding carboxylic acids is 2. The van der Waals surface area contributed by atoms with Crippen molar-refractivity contribution in [2.24, 2.45) is 0 Å². The predicted octanol–water partition coefficient (Wildman–Crippen LogP) is 2.29. The van der Waals surface area contributed by atoms with E-state index in [9.17, 15) is 22.8 Å². The van der Waals surface area contributed by atoms with Gasteiger partial charge in [-0.05, 0) is 19.3 Å². The molecule has 100 valence electrons. The summed E-state index contributed by atoms with van der Waals surface area (Å²) in [6, 6.07) is 0. The molecule has 0 saturated heterocycles. The third kappa shape index (κ3) is 4.73. The van der Waals surface area contributed by atoms with Crippen LogP contribution in [0.3, 0.4) is 0 Å². The fraction of sp³-hybridized carbons (Fsp3) is 0.500. The molecular formula is C12H14F3NO2. The summed E-state index contributed by atoms with van der Waals surface area (Å²) >= 11 is 0. The maximum absolute atomic E-state index is 11.8. The summed E-state index contributed by atoms with van der Waals surface area (Å²) in [5.74, 6) is -2.07. The molecule has 0 bridgehead atoms. The number of nitrogens with one attached hydrogen (secondary N) is 1. The Balaban J connectivity index is 2.22. The molecule has 1 aliphatic carbocycles. The molecule has 0 aromatic carbocycles. The minimum Gasteiger partial charge on any atom is -0.348 e. The van der Waals surface area contributed by atoms with Crippen molar-refractivity contribution in [3.8, 4) is 0 Å². The Morgan fingerprint density at radius 3 is 2.56 bits per heavy atom.